The number of aryl methyl sites for hydroxylation is 1. The Morgan fingerprint density at radius 3 is 2.16 bits per heavy atom. The van der Waals surface area contributed by atoms with Crippen LogP contribution in [-0.2, 0) is 10.0 Å². The topological polar surface area (TPSA) is 83.6 Å². The van der Waals surface area contributed by atoms with Gasteiger partial charge in [0.1, 0.15) is 0 Å². The Hall–Kier alpha value is -3.97. The number of sulfonamides is 1. The van der Waals surface area contributed by atoms with E-state index in [-0.39, 0.29) is 21.7 Å². The number of carbonyl (C=O) groups excluding carboxylic acids is 2. The predicted octanol–water partition coefficient (Wildman–Crippen LogP) is 4.75. The Labute approximate surface area is 185 Å². The molecule has 0 saturated heterocycles. The molecule has 0 unspecified atom stereocenters. The molecule has 4 aromatic rings. The first-order valence-electron chi connectivity index (χ1n) is 9.95. The number of benzene rings is 4. The molecule has 1 aliphatic heterocycles. The number of rotatable bonds is 4. The molecule has 0 atom stereocenters. The second-order valence-corrected chi connectivity index (χ2v) is 9.34. The molecule has 0 aliphatic carbocycles. The van der Waals surface area contributed by atoms with Crippen molar-refractivity contribution in [3.63, 3.8) is 0 Å². The zero-order valence-electron chi connectivity index (χ0n) is 17.1. The third-order valence-electron chi connectivity index (χ3n) is 5.46. The molecule has 0 radical (unpaired) electrons. The van der Waals surface area contributed by atoms with Crippen molar-refractivity contribution in [1.82, 2.24) is 0 Å². The zero-order valence-corrected chi connectivity index (χ0v) is 17.9. The number of imide groups is 1. The lowest BCUT2D eigenvalue weighted by molar-refractivity contribution is 0.0926. The van der Waals surface area contributed by atoms with Crippen LogP contribution in [0.3, 0.4) is 0 Å². The summed E-state index contributed by atoms with van der Waals surface area (Å²) in [6, 6.07) is 23.9. The molecule has 0 spiro atoms. The molecule has 0 saturated carbocycles. The van der Waals surface area contributed by atoms with Crippen molar-refractivity contribution < 1.29 is 18.0 Å². The van der Waals surface area contributed by atoms with Crippen molar-refractivity contribution in [3.05, 3.63) is 102 Å². The van der Waals surface area contributed by atoms with E-state index in [9.17, 15) is 18.0 Å². The van der Waals surface area contributed by atoms with E-state index in [4.69, 9.17) is 0 Å². The van der Waals surface area contributed by atoms with Crippen molar-refractivity contribution in [2.24, 2.45) is 0 Å². The number of hydrogen-bond donors (Lipinski definition) is 1. The van der Waals surface area contributed by atoms with E-state index >= 15 is 0 Å². The normalized spacial score (nSPS) is 13.5. The van der Waals surface area contributed by atoms with Gasteiger partial charge in [-0.2, -0.15) is 0 Å². The first-order chi connectivity index (χ1) is 15.3. The molecular weight excluding hydrogens is 424 g/mol. The van der Waals surface area contributed by atoms with E-state index < -0.39 is 21.8 Å². The van der Waals surface area contributed by atoms with Crippen LogP contribution in [0, 0.1) is 6.92 Å². The average Bonchev–Trinajstić information content (AvgIpc) is 3.03. The van der Waals surface area contributed by atoms with E-state index in [0.29, 0.717) is 5.69 Å². The maximum absolute atomic E-state index is 13.1. The minimum atomic E-state index is -3.83. The van der Waals surface area contributed by atoms with E-state index in [1.165, 1.54) is 30.3 Å². The highest BCUT2D eigenvalue weighted by molar-refractivity contribution is 7.92. The molecule has 1 N–H and O–H groups in total. The van der Waals surface area contributed by atoms with Gasteiger partial charge in [-0.25, -0.2) is 13.3 Å². The molecule has 0 bridgehead atoms. The third kappa shape index (κ3) is 3.33. The number of carbonyl (C=O) groups is 2. The van der Waals surface area contributed by atoms with E-state index in [0.717, 1.165) is 21.2 Å². The monoisotopic (exact) mass is 442 g/mol. The lowest BCUT2D eigenvalue weighted by Crippen LogP contribution is -2.29. The Morgan fingerprint density at radius 1 is 0.719 bits per heavy atom. The molecule has 32 heavy (non-hydrogen) atoms. The summed E-state index contributed by atoms with van der Waals surface area (Å²) < 4.78 is 27.9. The number of anilines is 2. The summed E-state index contributed by atoms with van der Waals surface area (Å²) in [6.45, 7) is 1.87. The molecule has 7 heteroatoms. The molecule has 6 nitrogen and oxygen atoms in total. The second kappa shape index (κ2) is 7.32. The molecular formula is C25H18N2O4S. The first-order valence-corrected chi connectivity index (χ1v) is 11.4. The number of fused-ring (bicyclic) bond motifs is 2. The van der Waals surface area contributed by atoms with Crippen LogP contribution in [0.2, 0.25) is 0 Å². The molecule has 1 aliphatic rings. The third-order valence-corrected chi connectivity index (χ3v) is 6.86. The molecule has 0 fully saturated rings. The standard InChI is InChI=1S/C25H18N2O4S/c1-16-6-11-21(12-7-16)32(30,31)26-19-9-13-22-23(15-19)25(29)27(24(22)28)20-10-8-17-4-2-3-5-18(17)14-20/h2-15,26H,1H3. The van der Waals surface area contributed by atoms with Gasteiger partial charge < -0.3 is 0 Å². The van der Waals surface area contributed by atoms with E-state index in [1.54, 1.807) is 24.3 Å². The highest BCUT2D eigenvalue weighted by atomic mass is 32.2. The minimum Gasteiger partial charge on any atom is -0.280 e. The van der Waals surface area contributed by atoms with Crippen molar-refractivity contribution >= 4 is 44.0 Å². The second-order valence-electron chi connectivity index (χ2n) is 7.66. The van der Waals surface area contributed by atoms with Gasteiger partial charge in [0.05, 0.1) is 21.7 Å². The highest BCUT2D eigenvalue weighted by Crippen LogP contribution is 2.32. The number of nitrogens with zero attached hydrogens (tertiary/aromatic N) is 1. The summed E-state index contributed by atoms with van der Waals surface area (Å²) >= 11 is 0. The fourth-order valence-corrected chi connectivity index (χ4v) is 4.84. The molecule has 0 aromatic heterocycles. The summed E-state index contributed by atoms with van der Waals surface area (Å²) in [5.74, 6) is -0.926. The quantitative estimate of drug-likeness (QED) is 0.462. The van der Waals surface area contributed by atoms with Crippen LogP contribution in [0.5, 0.6) is 0 Å². The number of hydrogen-bond acceptors (Lipinski definition) is 4. The Morgan fingerprint density at radius 2 is 1.41 bits per heavy atom. The first kappa shape index (κ1) is 20.0. The SMILES string of the molecule is Cc1ccc(S(=O)(=O)Nc2ccc3c(c2)C(=O)N(c2ccc4ccccc4c2)C3=O)cc1. The Bertz CT molecular complexity index is 1510. The summed E-state index contributed by atoms with van der Waals surface area (Å²) in [4.78, 5) is 27.3. The van der Waals surface area contributed by atoms with Gasteiger partial charge in [-0.3, -0.25) is 14.3 Å². The lowest BCUT2D eigenvalue weighted by atomic mass is 10.1. The van der Waals surface area contributed by atoms with Crippen LogP contribution in [-0.4, -0.2) is 20.2 Å². The van der Waals surface area contributed by atoms with Gasteiger partial charge in [0.2, 0.25) is 0 Å². The van der Waals surface area contributed by atoms with Crippen LogP contribution < -0.4 is 9.62 Å². The van der Waals surface area contributed by atoms with Gasteiger partial charge in [0, 0.05) is 5.69 Å². The predicted molar refractivity (Wildman–Crippen MR) is 124 cm³/mol. The minimum absolute atomic E-state index is 0.115. The zero-order chi connectivity index (χ0) is 22.5. The summed E-state index contributed by atoms with van der Waals surface area (Å²) in [5, 5.41) is 1.91. The van der Waals surface area contributed by atoms with Gasteiger partial charge in [-0.1, -0.05) is 48.0 Å². The average molecular weight is 442 g/mol. The van der Waals surface area contributed by atoms with Crippen LogP contribution in [0.1, 0.15) is 26.3 Å². The van der Waals surface area contributed by atoms with Gasteiger partial charge in [-0.15, -0.1) is 0 Å². The van der Waals surface area contributed by atoms with Crippen molar-refractivity contribution in [3.8, 4) is 0 Å². The lowest BCUT2D eigenvalue weighted by Gasteiger charge is -2.14. The van der Waals surface area contributed by atoms with E-state index in [1.807, 2.05) is 37.3 Å². The molecule has 5 rings (SSSR count). The molecule has 158 valence electrons. The Balaban J connectivity index is 1.47. The molecule has 1 heterocycles. The van der Waals surface area contributed by atoms with Crippen LogP contribution in [0.15, 0.2) is 89.8 Å². The fourth-order valence-electron chi connectivity index (χ4n) is 3.79. The van der Waals surface area contributed by atoms with Crippen molar-refractivity contribution in [2.45, 2.75) is 11.8 Å². The van der Waals surface area contributed by atoms with Crippen LogP contribution in [0.4, 0.5) is 11.4 Å². The smallest absolute Gasteiger partial charge is 0.266 e. The highest BCUT2D eigenvalue weighted by Gasteiger charge is 2.37. The van der Waals surface area contributed by atoms with Crippen LogP contribution >= 0.6 is 0 Å². The molecule has 4 aromatic carbocycles. The van der Waals surface area contributed by atoms with Crippen molar-refractivity contribution in [2.75, 3.05) is 9.62 Å². The van der Waals surface area contributed by atoms with Crippen molar-refractivity contribution in [1.29, 1.82) is 0 Å². The molecule has 2 amide bonds. The largest absolute Gasteiger partial charge is 0.280 e. The maximum Gasteiger partial charge on any atom is 0.266 e. The van der Waals surface area contributed by atoms with E-state index in [2.05, 4.69) is 4.72 Å². The fraction of sp³-hybridized carbons (Fsp3) is 0.0400. The summed E-state index contributed by atoms with van der Waals surface area (Å²) in [5.41, 5.74) is 2.02. The summed E-state index contributed by atoms with van der Waals surface area (Å²) in [6.07, 6.45) is 0. The summed E-state index contributed by atoms with van der Waals surface area (Å²) in [7, 11) is -3.83. The number of nitrogens with one attached hydrogen (secondary N) is 1. The van der Waals surface area contributed by atoms with Gasteiger partial charge in [-0.05, 0) is 60.2 Å². The van der Waals surface area contributed by atoms with Crippen LogP contribution in [0.25, 0.3) is 10.8 Å². The number of amides is 2. The van der Waals surface area contributed by atoms with Gasteiger partial charge in [0.15, 0.2) is 0 Å². The maximum atomic E-state index is 13.1. The van der Waals surface area contributed by atoms with Gasteiger partial charge in [0.25, 0.3) is 21.8 Å². The van der Waals surface area contributed by atoms with Gasteiger partial charge >= 0.3 is 0 Å². The Kier molecular flexibility index (Phi) is 4.56.